The first-order valence-electron chi connectivity index (χ1n) is 11.0. The Bertz CT molecular complexity index is 802. The maximum Gasteiger partial charge on any atom is 0.0630 e. The topological polar surface area (TPSA) is 15.6 Å². The molecule has 3 rings (SSSR count). The van der Waals surface area contributed by atoms with Crippen LogP contribution in [-0.2, 0) is 6.42 Å². The Morgan fingerprint density at radius 2 is 1.82 bits per heavy atom. The van der Waals surface area contributed by atoms with E-state index in [1.807, 2.05) is 6.21 Å². The van der Waals surface area contributed by atoms with E-state index in [0.717, 1.165) is 18.7 Å². The highest BCUT2D eigenvalue weighted by atomic mass is 15.2. The molecule has 2 nitrogen and oxygen atoms in total. The maximum absolute atomic E-state index is 4.72. The highest BCUT2D eigenvalue weighted by Crippen LogP contribution is 2.43. The lowest BCUT2D eigenvalue weighted by Gasteiger charge is -2.47. The number of rotatable bonds is 7. The molecule has 2 heteroatoms. The van der Waals surface area contributed by atoms with Gasteiger partial charge in [-0.1, -0.05) is 45.4 Å². The van der Waals surface area contributed by atoms with E-state index in [1.54, 1.807) is 0 Å². The standard InChI is InChI=1S/C26H36N2/c1-6-8-9-21-10-13-23(14-11-21)27-19-22-12-15-25-24(17-22)20(3)18-26(4,5)28(25)16-7-2/h10-15,17,19-20H,6-9,16,18H2,1-5H3. The normalized spacial score (nSPS) is 18.5. The van der Waals surface area contributed by atoms with Gasteiger partial charge in [0.05, 0.1) is 5.69 Å². The van der Waals surface area contributed by atoms with Crippen molar-refractivity contribution in [1.82, 2.24) is 0 Å². The molecule has 0 saturated heterocycles. The van der Waals surface area contributed by atoms with Crippen molar-refractivity contribution in [3.63, 3.8) is 0 Å². The summed E-state index contributed by atoms with van der Waals surface area (Å²) in [4.78, 5) is 7.31. The average Bonchev–Trinajstić information content (AvgIpc) is 2.68. The van der Waals surface area contributed by atoms with Gasteiger partial charge in [0.15, 0.2) is 0 Å². The monoisotopic (exact) mass is 376 g/mol. The number of nitrogens with zero attached hydrogens (tertiary/aromatic N) is 2. The van der Waals surface area contributed by atoms with E-state index in [0.29, 0.717) is 5.92 Å². The van der Waals surface area contributed by atoms with Gasteiger partial charge in [-0.2, -0.15) is 0 Å². The molecule has 1 heterocycles. The van der Waals surface area contributed by atoms with E-state index in [-0.39, 0.29) is 5.54 Å². The summed E-state index contributed by atoms with van der Waals surface area (Å²) in [6.45, 7) is 12.7. The van der Waals surface area contributed by atoms with Crippen molar-refractivity contribution in [2.45, 2.75) is 78.2 Å². The number of unbranched alkanes of at least 4 members (excludes halogenated alkanes) is 1. The van der Waals surface area contributed by atoms with Gasteiger partial charge in [0.25, 0.3) is 0 Å². The van der Waals surface area contributed by atoms with Crippen LogP contribution < -0.4 is 4.90 Å². The van der Waals surface area contributed by atoms with Crippen molar-refractivity contribution in [1.29, 1.82) is 0 Å². The average molecular weight is 377 g/mol. The fourth-order valence-electron chi connectivity index (χ4n) is 4.51. The zero-order valence-electron chi connectivity index (χ0n) is 18.3. The van der Waals surface area contributed by atoms with Crippen molar-refractivity contribution < 1.29 is 0 Å². The van der Waals surface area contributed by atoms with Crippen molar-refractivity contribution in [3.8, 4) is 0 Å². The first kappa shape index (κ1) is 20.6. The van der Waals surface area contributed by atoms with Gasteiger partial charge in [0.2, 0.25) is 0 Å². The van der Waals surface area contributed by atoms with Crippen LogP contribution in [0.5, 0.6) is 0 Å². The zero-order chi connectivity index (χ0) is 20.1. The molecular formula is C26H36N2. The lowest BCUT2D eigenvalue weighted by atomic mass is 9.79. The molecule has 2 aromatic carbocycles. The molecule has 0 bridgehead atoms. The van der Waals surface area contributed by atoms with Gasteiger partial charge in [0.1, 0.15) is 0 Å². The number of anilines is 1. The first-order chi connectivity index (χ1) is 13.4. The molecule has 0 spiro atoms. The van der Waals surface area contributed by atoms with Gasteiger partial charge >= 0.3 is 0 Å². The summed E-state index contributed by atoms with van der Waals surface area (Å²) >= 11 is 0. The van der Waals surface area contributed by atoms with Crippen LogP contribution in [0.25, 0.3) is 0 Å². The quantitative estimate of drug-likeness (QED) is 0.463. The van der Waals surface area contributed by atoms with E-state index in [2.05, 4.69) is 82.0 Å². The predicted molar refractivity (Wildman–Crippen MR) is 123 cm³/mol. The molecule has 1 atom stereocenters. The third kappa shape index (κ3) is 4.66. The molecule has 28 heavy (non-hydrogen) atoms. The van der Waals surface area contributed by atoms with Crippen molar-refractivity contribution >= 4 is 17.6 Å². The van der Waals surface area contributed by atoms with Crippen LogP contribution in [0.2, 0.25) is 0 Å². The van der Waals surface area contributed by atoms with Gasteiger partial charge in [0, 0.05) is 24.0 Å². The van der Waals surface area contributed by atoms with Crippen LogP contribution in [0.3, 0.4) is 0 Å². The summed E-state index contributed by atoms with van der Waals surface area (Å²) < 4.78 is 0. The summed E-state index contributed by atoms with van der Waals surface area (Å²) in [5, 5.41) is 0. The van der Waals surface area contributed by atoms with Gasteiger partial charge in [-0.3, -0.25) is 4.99 Å². The van der Waals surface area contributed by atoms with E-state index in [1.165, 1.54) is 48.1 Å². The second-order valence-electron chi connectivity index (χ2n) is 8.92. The van der Waals surface area contributed by atoms with Crippen LogP contribution >= 0.6 is 0 Å². The third-order valence-electron chi connectivity index (χ3n) is 5.97. The van der Waals surface area contributed by atoms with Gasteiger partial charge in [-0.25, -0.2) is 0 Å². The minimum absolute atomic E-state index is 0.220. The molecule has 150 valence electrons. The molecule has 2 aromatic rings. The third-order valence-corrected chi connectivity index (χ3v) is 5.97. The van der Waals surface area contributed by atoms with Crippen LogP contribution in [0, 0.1) is 0 Å². The molecule has 0 radical (unpaired) electrons. The van der Waals surface area contributed by atoms with Crippen LogP contribution in [0.1, 0.15) is 82.9 Å². The fraction of sp³-hybridized carbons (Fsp3) is 0.500. The van der Waals surface area contributed by atoms with E-state index >= 15 is 0 Å². The Hall–Kier alpha value is -2.09. The van der Waals surface area contributed by atoms with Crippen molar-refractivity contribution in [2.75, 3.05) is 11.4 Å². The smallest absolute Gasteiger partial charge is 0.0630 e. The zero-order valence-corrected chi connectivity index (χ0v) is 18.3. The second-order valence-corrected chi connectivity index (χ2v) is 8.92. The highest BCUT2D eigenvalue weighted by Gasteiger charge is 2.35. The number of fused-ring (bicyclic) bond motifs is 1. The largest absolute Gasteiger partial charge is 0.366 e. The van der Waals surface area contributed by atoms with Crippen molar-refractivity contribution in [3.05, 3.63) is 59.2 Å². The maximum atomic E-state index is 4.72. The summed E-state index contributed by atoms with van der Waals surface area (Å²) in [7, 11) is 0. The number of hydrogen-bond acceptors (Lipinski definition) is 2. The Kier molecular flexibility index (Phi) is 6.59. The minimum Gasteiger partial charge on any atom is -0.366 e. The minimum atomic E-state index is 0.220. The summed E-state index contributed by atoms with van der Waals surface area (Å²) in [5.41, 5.74) is 6.71. The number of aryl methyl sites for hydroxylation is 1. The van der Waals surface area contributed by atoms with Crippen LogP contribution in [-0.4, -0.2) is 18.3 Å². The van der Waals surface area contributed by atoms with Gasteiger partial charge in [-0.15, -0.1) is 0 Å². The van der Waals surface area contributed by atoms with Crippen LogP contribution in [0.15, 0.2) is 47.5 Å². The highest BCUT2D eigenvalue weighted by molar-refractivity contribution is 5.83. The molecule has 0 aromatic heterocycles. The number of aliphatic imine (C=N–C) groups is 1. The fourth-order valence-corrected chi connectivity index (χ4v) is 4.51. The molecule has 1 aliphatic rings. The van der Waals surface area contributed by atoms with E-state index in [4.69, 9.17) is 4.99 Å². The summed E-state index contributed by atoms with van der Waals surface area (Å²) in [6, 6.07) is 15.6. The van der Waals surface area contributed by atoms with E-state index < -0.39 is 0 Å². The lowest BCUT2D eigenvalue weighted by Crippen LogP contribution is -2.48. The molecule has 1 aliphatic heterocycles. The van der Waals surface area contributed by atoms with Gasteiger partial charge < -0.3 is 4.90 Å². The molecule has 1 unspecified atom stereocenters. The molecule has 0 amide bonds. The number of benzene rings is 2. The molecule has 0 N–H and O–H groups in total. The summed E-state index contributed by atoms with van der Waals surface area (Å²) in [6.07, 6.45) is 8.03. The predicted octanol–water partition coefficient (Wildman–Crippen LogP) is 7.28. The number of hydrogen-bond donors (Lipinski definition) is 0. The Morgan fingerprint density at radius 1 is 1.07 bits per heavy atom. The summed E-state index contributed by atoms with van der Waals surface area (Å²) in [5.74, 6) is 0.573. The molecule has 0 fully saturated rings. The first-order valence-corrected chi connectivity index (χ1v) is 11.0. The van der Waals surface area contributed by atoms with E-state index in [9.17, 15) is 0 Å². The SMILES string of the molecule is CCCCc1ccc(N=Cc2ccc3c(c2)C(C)CC(C)(C)N3CCC)cc1. The Morgan fingerprint density at radius 3 is 2.50 bits per heavy atom. The van der Waals surface area contributed by atoms with Gasteiger partial charge in [-0.05, 0) is 86.4 Å². The molecule has 0 aliphatic carbocycles. The lowest BCUT2D eigenvalue weighted by molar-refractivity contribution is 0.376. The Labute approximate surface area is 171 Å². The Balaban J connectivity index is 1.79. The van der Waals surface area contributed by atoms with Crippen LogP contribution in [0.4, 0.5) is 11.4 Å². The van der Waals surface area contributed by atoms with Crippen molar-refractivity contribution in [2.24, 2.45) is 4.99 Å². The second kappa shape index (κ2) is 8.94. The molecule has 0 saturated carbocycles. The molecular weight excluding hydrogens is 340 g/mol.